The van der Waals surface area contributed by atoms with Gasteiger partial charge in [0.25, 0.3) is 0 Å². The Bertz CT molecular complexity index is 1370. The van der Waals surface area contributed by atoms with Gasteiger partial charge < -0.3 is 0 Å². The van der Waals surface area contributed by atoms with Crippen LogP contribution in [-0.2, 0) is 0 Å². The van der Waals surface area contributed by atoms with Gasteiger partial charge in [-0.05, 0) is 67.9 Å². The van der Waals surface area contributed by atoms with E-state index >= 15 is 0 Å². The van der Waals surface area contributed by atoms with E-state index in [2.05, 4.69) is 76.6 Å². The number of nitrogens with zero attached hydrogens (tertiary/aromatic N) is 3. The predicted octanol–water partition coefficient (Wildman–Crippen LogP) is 7.15. The molecule has 0 N–H and O–H groups in total. The molecule has 2 heterocycles. The van der Waals surface area contributed by atoms with Crippen LogP contribution in [-0.4, -0.2) is 16.4 Å². The standard InChI is InChI=1S/C33H37N3/c1-9-16-25(8)34-29(14-6)28(18-11-3)23-24(7)30-19-15-20-32(35-30)33-27(13-5)21-22-31(36-33)26(12-4)17-10-2/h10-19,21-23H,2-4,6,9,20H2,1,5,7-8H3/b24-23+,25-16+,26-17+,27-13-,28-18+,33-32-,34-29-. The lowest BCUT2D eigenvalue weighted by molar-refractivity contribution is 1.13. The Morgan fingerprint density at radius 2 is 1.81 bits per heavy atom. The molecule has 184 valence electrons. The number of pyridine rings is 1. The fourth-order valence-electron chi connectivity index (χ4n) is 3.76. The summed E-state index contributed by atoms with van der Waals surface area (Å²) in [6.07, 6.45) is 23.0. The molecule has 0 unspecified atom stereocenters. The Labute approximate surface area is 216 Å². The largest absolute Gasteiger partial charge is 0.253 e. The van der Waals surface area contributed by atoms with Crippen LogP contribution >= 0.6 is 0 Å². The van der Waals surface area contributed by atoms with Crippen LogP contribution in [0.15, 0.2) is 126 Å². The molecular weight excluding hydrogens is 438 g/mol. The molecule has 0 bridgehead atoms. The Hall–Kier alpha value is -4.11. The van der Waals surface area contributed by atoms with E-state index in [0.29, 0.717) is 6.42 Å². The first kappa shape index (κ1) is 28.1. The Morgan fingerprint density at radius 1 is 1.06 bits per heavy atom. The lowest BCUT2D eigenvalue weighted by Crippen LogP contribution is -2.31. The molecule has 1 aliphatic heterocycles. The zero-order valence-corrected chi connectivity index (χ0v) is 22.1. The zero-order chi connectivity index (χ0) is 26.5. The van der Waals surface area contributed by atoms with Gasteiger partial charge in [-0.3, -0.25) is 9.98 Å². The molecule has 1 aliphatic rings. The van der Waals surface area contributed by atoms with E-state index < -0.39 is 0 Å². The van der Waals surface area contributed by atoms with Crippen molar-refractivity contribution in [2.45, 2.75) is 40.5 Å². The molecule has 2 rings (SSSR count). The van der Waals surface area contributed by atoms with Crippen molar-refractivity contribution in [1.29, 1.82) is 0 Å². The van der Waals surface area contributed by atoms with E-state index in [9.17, 15) is 0 Å². The number of hydrogen-bond donors (Lipinski definition) is 0. The minimum Gasteiger partial charge on any atom is -0.253 e. The number of dihydropyridines is 1. The van der Waals surface area contributed by atoms with Crippen molar-refractivity contribution in [2.75, 3.05) is 0 Å². The fourth-order valence-corrected chi connectivity index (χ4v) is 3.76. The first-order valence-electron chi connectivity index (χ1n) is 12.2. The third-order valence-corrected chi connectivity index (χ3v) is 5.53. The molecule has 1 aromatic rings. The molecule has 0 radical (unpaired) electrons. The van der Waals surface area contributed by atoms with Crippen LogP contribution < -0.4 is 10.6 Å². The second kappa shape index (κ2) is 14.3. The quantitative estimate of drug-likeness (QED) is 0.262. The van der Waals surface area contributed by atoms with Gasteiger partial charge in [0.2, 0.25) is 0 Å². The Kier molecular flexibility index (Phi) is 11.2. The van der Waals surface area contributed by atoms with Crippen LogP contribution in [0, 0.1) is 0 Å². The number of allylic oxidation sites excluding steroid dienone is 13. The average Bonchev–Trinajstić information content (AvgIpc) is 2.90. The molecule has 0 amide bonds. The molecule has 36 heavy (non-hydrogen) atoms. The van der Waals surface area contributed by atoms with E-state index in [4.69, 9.17) is 15.0 Å². The van der Waals surface area contributed by atoms with E-state index in [-0.39, 0.29) is 0 Å². The minimum absolute atomic E-state index is 0.707. The lowest BCUT2D eigenvalue weighted by atomic mass is 10.0. The van der Waals surface area contributed by atoms with Gasteiger partial charge in [-0.15, -0.1) is 0 Å². The summed E-state index contributed by atoms with van der Waals surface area (Å²) in [6, 6.07) is 4.08. The summed E-state index contributed by atoms with van der Waals surface area (Å²) in [5.41, 5.74) is 7.26. The third-order valence-electron chi connectivity index (χ3n) is 5.53. The summed E-state index contributed by atoms with van der Waals surface area (Å²) in [4.78, 5) is 14.7. The van der Waals surface area contributed by atoms with Gasteiger partial charge in [0.1, 0.15) is 0 Å². The summed E-state index contributed by atoms with van der Waals surface area (Å²) >= 11 is 0. The highest BCUT2D eigenvalue weighted by Crippen LogP contribution is 2.18. The van der Waals surface area contributed by atoms with Gasteiger partial charge in [0.15, 0.2) is 0 Å². The predicted molar refractivity (Wildman–Crippen MR) is 160 cm³/mol. The lowest BCUT2D eigenvalue weighted by Gasteiger charge is -2.12. The molecule has 0 aromatic carbocycles. The van der Waals surface area contributed by atoms with Crippen LogP contribution in [0.4, 0.5) is 0 Å². The zero-order valence-electron chi connectivity index (χ0n) is 22.1. The highest BCUT2D eigenvalue weighted by molar-refractivity contribution is 6.15. The maximum absolute atomic E-state index is 5.02. The van der Waals surface area contributed by atoms with Crippen molar-refractivity contribution < 1.29 is 0 Å². The van der Waals surface area contributed by atoms with Crippen molar-refractivity contribution in [3.05, 3.63) is 132 Å². The Balaban J connectivity index is 2.67. The minimum atomic E-state index is 0.707. The fraction of sp³-hybridized carbons (Fsp3) is 0.182. The first-order chi connectivity index (χ1) is 17.4. The second-order valence-electron chi connectivity index (χ2n) is 8.18. The smallest absolute Gasteiger partial charge is 0.0924 e. The number of aliphatic imine (C=N–C) groups is 2. The van der Waals surface area contributed by atoms with Gasteiger partial charge in [0.05, 0.1) is 28.2 Å². The molecule has 1 aromatic heterocycles. The van der Waals surface area contributed by atoms with Crippen LogP contribution in [0.5, 0.6) is 0 Å². The first-order valence-corrected chi connectivity index (χ1v) is 12.2. The topological polar surface area (TPSA) is 37.6 Å². The van der Waals surface area contributed by atoms with Crippen molar-refractivity contribution in [3.8, 4) is 0 Å². The summed E-state index contributed by atoms with van der Waals surface area (Å²) in [5.74, 6) is 0. The van der Waals surface area contributed by atoms with E-state index in [1.165, 1.54) is 0 Å². The van der Waals surface area contributed by atoms with Crippen molar-refractivity contribution >= 4 is 28.8 Å². The SMILES string of the molecule is C=C/C=C(\C=C(/C)C1=N/C(=c2\nc(/C(C=C)=C/C=C)cc\c2=C\C)CC=C1)C(/C=C)=N\C(C)=C\CC. The highest BCUT2D eigenvalue weighted by atomic mass is 14.8. The molecule has 0 saturated carbocycles. The van der Waals surface area contributed by atoms with Crippen molar-refractivity contribution in [2.24, 2.45) is 9.98 Å². The normalized spacial score (nSPS) is 17.6. The van der Waals surface area contributed by atoms with Crippen LogP contribution in [0.3, 0.4) is 0 Å². The number of aromatic nitrogens is 1. The maximum atomic E-state index is 5.02. The summed E-state index contributed by atoms with van der Waals surface area (Å²) in [7, 11) is 0. The van der Waals surface area contributed by atoms with Gasteiger partial charge >= 0.3 is 0 Å². The molecular formula is C33H37N3. The summed E-state index contributed by atoms with van der Waals surface area (Å²) < 4.78 is 0. The van der Waals surface area contributed by atoms with E-state index in [1.807, 2.05) is 32.1 Å². The molecule has 0 fully saturated rings. The van der Waals surface area contributed by atoms with Gasteiger partial charge in [0, 0.05) is 17.7 Å². The molecule has 0 saturated heterocycles. The van der Waals surface area contributed by atoms with Crippen molar-refractivity contribution in [3.63, 3.8) is 0 Å². The van der Waals surface area contributed by atoms with Gasteiger partial charge in [-0.25, -0.2) is 4.98 Å². The number of hydrogen-bond acceptors (Lipinski definition) is 3. The van der Waals surface area contributed by atoms with Gasteiger partial charge in [-0.2, -0.15) is 0 Å². The number of rotatable bonds is 10. The molecule has 0 atom stereocenters. The molecule has 3 heteroatoms. The average molecular weight is 476 g/mol. The Morgan fingerprint density at radius 3 is 2.42 bits per heavy atom. The maximum Gasteiger partial charge on any atom is 0.0924 e. The molecule has 0 aliphatic carbocycles. The molecule has 3 nitrogen and oxygen atoms in total. The third kappa shape index (κ3) is 7.44. The molecule has 0 spiro atoms. The summed E-state index contributed by atoms with van der Waals surface area (Å²) in [6.45, 7) is 23.7. The summed E-state index contributed by atoms with van der Waals surface area (Å²) in [5, 5.41) is 1.92. The van der Waals surface area contributed by atoms with E-state index in [1.54, 1.807) is 24.3 Å². The van der Waals surface area contributed by atoms with Crippen LogP contribution in [0.1, 0.15) is 46.2 Å². The highest BCUT2D eigenvalue weighted by Gasteiger charge is 2.10. The van der Waals surface area contributed by atoms with Crippen LogP contribution in [0.2, 0.25) is 0 Å². The van der Waals surface area contributed by atoms with Crippen LogP contribution in [0.25, 0.3) is 17.3 Å². The van der Waals surface area contributed by atoms with E-state index in [0.717, 1.165) is 62.2 Å². The monoisotopic (exact) mass is 475 g/mol. The van der Waals surface area contributed by atoms with Gasteiger partial charge in [-0.1, -0.05) is 87.9 Å². The van der Waals surface area contributed by atoms with Crippen molar-refractivity contribution in [1.82, 2.24) is 4.98 Å². The second-order valence-corrected chi connectivity index (χ2v) is 8.18.